The van der Waals surface area contributed by atoms with Gasteiger partial charge in [0.1, 0.15) is 11.5 Å². The van der Waals surface area contributed by atoms with Gasteiger partial charge in [0.25, 0.3) is 0 Å². The number of benzene rings is 3. The van der Waals surface area contributed by atoms with E-state index in [9.17, 15) is 4.79 Å². The zero-order chi connectivity index (χ0) is 18.1. The van der Waals surface area contributed by atoms with Gasteiger partial charge in [0.05, 0.1) is 13.0 Å². The Bertz CT molecular complexity index is 950. The summed E-state index contributed by atoms with van der Waals surface area (Å²) in [6.07, 6.45) is 0. The van der Waals surface area contributed by atoms with Crippen LogP contribution in [0.4, 0.5) is 0 Å². The summed E-state index contributed by atoms with van der Waals surface area (Å²) in [6, 6.07) is 22.9. The van der Waals surface area contributed by atoms with Crippen molar-refractivity contribution in [3.05, 3.63) is 94.5 Å². The average Bonchev–Trinajstić information content (AvgIpc) is 2.67. The quantitative estimate of drug-likeness (QED) is 0.474. The van der Waals surface area contributed by atoms with E-state index in [-0.39, 0.29) is 11.9 Å². The fraction of sp³-hybridized carbons (Fsp3) is 0.136. The number of hydrogen-bond acceptors (Lipinski definition) is 3. The maximum Gasteiger partial charge on any atom is 0.319 e. The van der Waals surface area contributed by atoms with Gasteiger partial charge < -0.3 is 9.47 Å². The number of hydrogen-bond donors (Lipinski definition) is 0. The van der Waals surface area contributed by atoms with Gasteiger partial charge in [-0.2, -0.15) is 0 Å². The first-order valence-corrected chi connectivity index (χ1v) is 8.75. The molecule has 0 unspecified atom stereocenters. The van der Waals surface area contributed by atoms with Crippen molar-refractivity contribution in [3.63, 3.8) is 0 Å². The van der Waals surface area contributed by atoms with Gasteiger partial charge in [-0.3, -0.25) is 4.79 Å². The summed E-state index contributed by atoms with van der Waals surface area (Å²) in [5, 5.41) is 0.600. The van der Waals surface area contributed by atoms with E-state index >= 15 is 0 Å². The number of rotatable bonds is 3. The third-order valence-electron chi connectivity index (χ3n) is 4.73. The van der Waals surface area contributed by atoms with Crippen molar-refractivity contribution in [2.45, 2.75) is 11.8 Å². The molecule has 0 amide bonds. The van der Waals surface area contributed by atoms with Crippen molar-refractivity contribution < 1.29 is 14.3 Å². The summed E-state index contributed by atoms with van der Waals surface area (Å²) in [5.74, 6) is 0.497. The second-order valence-electron chi connectivity index (χ2n) is 6.24. The zero-order valence-electron chi connectivity index (χ0n) is 14.2. The van der Waals surface area contributed by atoms with E-state index in [2.05, 4.69) is 0 Å². The third kappa shape index (κ3) is 2.95. The molecule has 3 aromatic rings. The number of para-hydroxylation sites is 1. The number of methoxy groups -OCH3 is 1. The first-order valence-electron chi connectivity index (χ1n) is 8.37. The lowest BCUT2D eigenvalue weighted by Gasteiger charge is -2.32. The Morgan fingerprint density at radius 3 is 2.38 bits per heavy atom. The molecule has 0 N–H and O–H groups in total. The highest BCUT2D eigenvalue weighted by molar-refractivity contribution is 6.30. The number of halogens is 1. The maximum absolute atomic E-state index is 12.9. The van der Waals surface area contributed by atoms with Crippen molar-refractivity contribution in [2.24, 2.45) is 0 Å². The smallest absolute Gasteiger partial charge is 0.319 e. The standard InChI is InChI=1S/C22H17ClO3/c1-25-17-11-9-14(10-12-17)20-18-7-2-3-8-19(18)26-22(24)21(20)15-5-4-6-16(23)13-15/h2-13,20-21H,1H3/t20-,21-/m1/s1. The Labute approximate surface area is 157 Å². The lowest BCUT2D eigenvalue weighted by molar-refractivity contribution is -0.137. The van der Waals surface area contributed by atoms with Gasteiger partial charge in [-0.1, -0.05) is 54.1 Å². The lowest BCUT2D eigenvalue weighted by atomic mass is 9.75. The van der Waals surface area contributed by atoms with Gasteiger partial charge in [-0.15, -0.1) is 0 Å². The number of carbonyl (C=O) groups excluding carboxylic acids is 1. The molecule has 26 heavy (non-hydrogen) atoms. The third-order valence-corrected chi connectivity index (χ3v) is 4.97. The normalized spacial score (nSPS) is 18.8. The monoisotopic (exact) mass is 364 g/mol. The topological polar surface area (TPSA) is 35.5 Å². The van der Waals surface area contributed by atoms with Crippen LogP contribution in [0.2, 0.25) is 5.02 Å². The highest BCUT2D eigenvalue weighted by Crippen LogP contribution is 2.46. The Kier molecular flexibility index (Phi) is 4.39. The number of esters is 1. The minimum Gasteiger partial charge on any atom is -0.497 e. The molecule has 1 aliphatic rings. The van der Waals surface area contributed by atoms with Gasteiger partial charge in [0.15, 0.2) is 0 Å². The summed E-state index contributed by atoms with van der Waals surface area (Å²) in [6.45, 7) is 0. The highest BCUT2D eigenvalue weighted by atomic mass is 35.5. The largest absolute Gasteiger partial charge is 0.497 e. The summed E-state index contributed by atoms with van der Waals surface area (Å²) in [7, 11) is 1.64. The van der Waals surface area contributed by atoms with Gasteiger partial charge in [-0.05, 0) is 41.5 Å². The number of ether oxygens (including phenoxy) is 2. The second-order valence-corrected chi connectivity index (χ2v) is 6.68. The van der Waals surface area contributed by atoms with Gasteiger partial charge >= 0.3 is 5.97 Å². The molecule has 0 saturated heterocycles. The molecule has 0 saturated carbocycles. The number of carbonyl (C=O) groups is 1. The first kappa shape index (κ1) is 16.7. The van der Waals surface area contributed by atoms with E-state index in [4.69, 9.17) is 21.1 Å². The molecule has 0 bridgehead atoms. The fourth-order valence-corrected chi connectivity index (χ4v) is 3.73. The molecule has 3 aromatic carbocycles. The van der Waals surface area contributed by atoms with Gasteiger partial charge in [0.2, 0.25) is 0 Å². The van der Waals surface area contributed by atoms with Crippen molar-refractivity contribution in [1.29, 1.82) is 0 Å². The summed E-state index contributed by atoms with van der Waals surface area (Å²) < 4.78 is 10.9. The molecule has 130 valence electrons. The zero-order valence-corrected chi connectivity index (χ0v) is 14.9. The van der Waals surface area contributed by atoms with Gasteiger partial charge in [0, 0.05) is 16.5 Å². The van der Waals surface area contributed by atoms with Crippen molar-refractivity contribution >= 4 is 17.6 Å². The van der Waals surface area contributed by atoms with Crippen LogP contribution in [0, 0.1) is 0 Å². The molecule has 0 radical (unpaired) electrons. The molecule has 2 atom stereocenters. The minimum absolute atomic E-state index is 0.156. The van der Waals surface area contributed by atoms with E-state index in [0.717, 1.165) is 22.4 Å². The second kappa shape index (κ2) is 6.85. The van der Waals surface area contributed by atoms with Crippen LogP contribution < -0.4 is 9.47 Å². The minimum atomic E-state index is -0.461. The molecule has 4 heteroatoms. The van der Waals surface area contributed by atoms with E-state index in [1.165, 1.54) is 0 Å². The molecule has 0 aromatic heterocycles. The van der Waals surface area contributed by atoms with E-state index in [0.29, 0.717) is 10.8 Å². The molecule has 3 nitrogen and oxygen atoms in total. The SMILES string of the molecule is COc1ccc([C@@H]2c3ccccc3OC(=O)[C@@H]2c2cccc(Cl)c2)cc1. The lowest BCUT2D eigenvalue weighted by Crippen LogP contribution is -2.30. The van der Waals surface area contributed by atoms with Crippen LogP contribution in [0.3, 0.4) is 0 Å². The van der Waals surface area contributed by atoms with Crippen LogP contribution >= 0.6 is 11.6 Å². The Balaban J connectivity index is 1.89. The van der Waals surface area contributed by atoms with Crippen molar-refractivity contribution in [1.82, 2.24) is 0 Å². The molecule has 1 aliphatic heterocycles. The summed E-state index contributed by atoms with van der Waals surface area (Å²) >= 11 is 6.18. The molecule has 0 aliphatic carbocycles. The summed E-state index contributed by atoms with van der Waals surface area (Å²) in [5.41, 5.74) is 2.86. The molecule has 4 rings (SSSR count). The van der Waals surface area contributed by atoms with Crippen LogP contribution in [-0.2, 0) is 4.79 Å². The van der Waals surface area contributed by atoms with Crippen molar-refractivity contribution in [2.75, 3.05) is 7.11 Å². The van der Waals surface area contributed by atoms with Crippen LogP contribution in [0.25, 0.3) is 0 Å². The van der Waals surface area contributed by atoms with Crippen molar-refractivity contribution in [3.8, 4) is 11.5 Å². The van der Waals surface area contributed by atoms with E-state index < -0.39 is 5.92 Å². The average molecular weight is 365 g/mol. The van der Waals surface area contributed by atoms with Crippen LogP contribution in [0.15, 0.2) is 72.8 Å². The summed E-state index contributed by atoms with van der Waals surface area (Å²) in [4.78, 5) is 12.9. The Hall–Kier alpha value is -2.78. The molecule has 1 heterocycles. The molecular weight excluding hydrogens is 348 g/mol. The Morgan fingerprint density at radius 2 is 1.65 bits per heavy atom. The predicted octanol–water partition coefficient (Wildman–Crippen LogP) is 5.18. The molecule has 0 fully saturated rings. The van der Waals surface area contributed by atoms with E-state index in [1.807, 2.05) is 66.7 Å². The molecular formula is C22H17ClO3. The van der Waals surface area contributed by atoms with Crippen LogP contribution in [-0.4, -0.2) is 13.1 Å². The van der Waals surface area contributed by atoms with Gasteiger partial charge in [-0.25, -0.2) is 0 Å². The first-order chi connectivity index (χ1) is 12.7. The van der Waals surface area contributed by atoms with Crippen LogP contribution in [0.1, 0.15) is 28.5 Å². The fourth-order valence-electron chi connectivity index (χ4n) is 3.53. The molecule has 0 spiro atoms. The Morgan fingerprint density at radius 1 is 0.885 bits per heavy atom. The van der Waals surface area contributed by atoms with E-state index in [1.54, 1.807) is 13.2 Å². The predicted molar refractivity (Wildman–Crippen MR) is 101 cm³/mol. The maximum atomic E-state index is 12.9. The number of fused-ring (bicyclic) bond motifs is 1. The van der Waals surface area contributed by atoms with Crippen LogP contribution in [0.5, 0.6) is 11.5 Å². The highest BCUT2D eigenvalue weighted by Gasteiger charge is 2.39.